The lowest BCUT2D eigenvalue weighted by molar-refractivity contribution is -0.119. The summed E-state index contributed by atoms with van der Waals surface area (Å²) in [6.45, 7) is 0. The number of para-hydroxylation sites is 1. The lowest BCUT2D eigenvalue weighted by Crippen LogP contribution is -2.19. The molecule has 0 radical (unpaired) electrons. The second-order valence-electron chi connectivity index (χ2n) is 7.08. The van der Waals surface area contributed by atoms with Gasteiger partial charge in [-0.2, -0.15) is 0 Å². The molecule has 0 fully saturated rings. The molecule has 2 N–H and O–H groups in total. The van der Waals surface area contributed by atoms with E-state index in [-0.39, 0.29) is 5.91 Å². The van der Waals surface area contributed by atoms with Crippen LogP contribution in [-0.4, -0.2) is 30.3 Å². The Labute approximate surface area is 170 Å². The van der Waals surface area contributed by atoms with E-state index < -0.39 is 0 Å². The molecule has 0 unspecified atom stereocenters. The van der Waals surface area contributed by atoms with Gasteiger partial charge in [0.1, 0.15) is 11.4 Å². The number of rotatable bonds is 6. The minimum absolute atomic E-state index is 0.00123. The summed E-state index contributed by atoms with van der Waals surface area (Å²) in [7, 11) is 3.32. The number of methoxy groups -OCH3 is 1. The summed E-state index contributed by atoms with van der Waals surface area (Å²) in [5.41, 5.74) is 6.24. The normalized spacial score (nSPS) is 12.3. The highest BCUT2D eigenvalue weighted by Gasteiger charge is 2.23. The SMILES string of the molecule is CNC(=O)Cc1ccc(Nc2nnc(-c3ccccc3OC)c3c2CCC3)cc1. The van der Waals surface area contributed by atoms with Crippen LogP contribution in [0.25, 0.3) is 11.3 Å². The van der Waals surface area contributed by atoms with Crippen LogP contribution in [0, 0.1) is 0 Å². The van der Waals surface area contributed by atoms with Crippen LogP contribution in [0.3, 0.4) is 0 Å². The average Bonchev–Trinajstić information content (AvgIpc) is 3.25. The summed E-state index contributed by atoms with van der Waals surface area (Å²) in [5.74, 6) is 1.61. The van der Waals surface area contributed by atoms with Crippen LogP contribution in [-0.2, 0) is 24.1 Å². The van der Waals surface area contributed by atoms with E-state index in [1.54, 1.807) is 14.2 Å². The van der Waals surface area contributed by atoms with Gasteiger partial charge >= 0.3 is 0 Å². The molecular weight excluding hydrogens is 364 g/mol. The molecule has 4 rings (SSSR count). The van der Waals surface area contributed by atoms with Crippen molar-refractivity contribution in [3.05, 3.63) is 65.2 Å². The van der Waals surface area contributed by atoms with Crippen LogP contribution in [0.5, 0.6) is 5.75 Å². The first kappa shape index (κ1) is 18.9. The van der Waals surface area contributed by atoms with Crippen molar-refractivity contribution in [2.75, 3.05) is 19.5 Å². The summed E-state index contributed by atoms with van der Waals surface area (Å²) in [6, 6.07) is 15.8. The second kappa shape index (κ2) is 8.31. The zero-order chi connectivity index (χ0) is 20.2. The van der Waals surface area contributed by atoms with E-state index in [2.05, 4.69) is 20.8 Å². The number of amides is 1. The molecule has 0 aliphatic heterocycles. The number of carbonyl (C=O) groups excluding carboxylic acids is 1. The van der Waals surface area contributed by atoms with Crippen LogP contribution < -0.4 is 15.4 Å². The van der Waals surface area contributed by atoms with E-state index in [1.807, 2.05) is 48.5 Å². The fourth-order valence-electron chi connectivity index (χ4n) is 3.76. The number of nitrogens with zero attached hydrogens (tertiary/aromatic N) is 2. The van der Waals surface area contributed by atoms with Crippen molar-refractivity contribution in [2.24, 2.45) is 0 Å². The van der Waals surface area contributed by atoms with Crippen molar-refractivity contribution in [1.82, 2.24) is 15.5 Å². The van der Waals surface area contributed by atoms with Crippen molar-refractivity contribution >= 4 is 17.4 Å². The Morgan fingerprint density at radius 1 is 1.03 bits per heavy atom. The Balaban J connectivity index is 1.62. The number of aromatic nitrogens is 2. The summed E-state index contributed by atoms with van der Waals surface area (Å²) >= 11 is 0. The molecule has 2 aromatic carbocycles. The van der Waals surface area contributed by atoms with E-state index in [9.17, 15) is 4.79 Å². The lowest BCUT2D eigenvalue weighted by Gasteiger charge is -2.14. The molecule has 6 nitrogen and oxygen atoms in total. The van der Waals surface area contributed by atoms with Gasteiger partial charge in [-0.05, 0) is 54.7 Å². The highest BCUT2D eigenvalue weighted by Crippen LogP contribution is 2.38. The van der Waals surface area contributed by atoms with E-state index in [4.69, 9.17) is 4.74 Å². The summed E-state index contributed by atoms with van der Waals surface area (Å²) in [4.78, 5) is 11.5. The number of fused-ring (bicyclic) bond motifs is 1. The molecule has 3 aromatic rings. The van der Waals surface area contributed by atoms with Crippen molar-refractivity contribution in [1.29, 1.82) is 0 Å². The number of benzene rings is 2. The topological polar surface area (TPSA) is 76.1 Å². The molecule has 0 atom stereocenters. The maximum atomic E-state index is 11.5. The van der Waals surface area contributed by atoms with E-state index in [0.29, 0.717) is 6.42 Å². The number of hydrogen-bond donors (Lipinski definition) is 2. The highest BCUT2D eigenvalue weighted by atomic mass is 16.5. The monoisotopic (exact) mass is 388 g/mol. The van der Waals surface area contributed by atoms with Crippen molar-refractivity contribution in [3.63, 3.8) is 0 Å². The van der Waals surface area contributed by atoms with Gasteiger partial charge in [0.2, 0.25) is 5.91 Å². The maximum absolute atomic E-state index is 11.5. The van der Waals surface area contributed by atoms with Gasteiger partial charge in [-0.15, -0.1) is 10.2 Å². The van der Waals surface area contributed by atoms with Crippen LogP contribution in [0.15, 0.2) is 48.5 Å². The number of likely N-dealkylation sites (N-methyl/N-ethyl adjacent to an activating group) is 1. The zero-order valence-corrected chi connectivity index (χ0v) is 16.7. The zero-order valence-electron chi connectivity index (χ0n) is 16.7. The standard InChI is InChI=1S/C23H24N4O2/c1-24-21(28)14-15-10-12-16(13-11-15)25-23-18-8-5-7-17(18)22(26-27-23)19-6-3-4-9-20(19)29-2/h3-4,6,9-13H,5,7-8,14H2,1-2H3,(H,24,28)(H,25,27). The largest absolute Gasteiger partial charge is 0.496 e. The first-order chi connectivity index (χ1) is 14.2. The quantitative estimate of drug-likeness (QED) is 0.674. The van der Waals surface area contributed by atoms with Crippen LogP contribution in [0.1, 0.15) is 23.1 Å². The number of ether oxygens (including phenoxy) is 1. The molecule has 1 heterocycles. The minimum atomic E-state index is 0.00123. The van der Waals surface area contributed by atoms with E-state index in [1.165, 1.54) is 11.1 Å². The van der Waals surface area contributed by atoms with Gasteiger partial charge in [0.15, 0.2) is 5.82 Å². The maximum Gasteiger partial charge on any atom is 0.224 e. The van der Waals surface area contributed by atoms with Gasteiger partial charge in [-0.1, -0.05) is 24.3 Å². The van der Waals surface area contributed by atoms with Gasteiger partial charge in [0.05, 0.1) is 13.5 Å². The summed E-state index contributed by atoms with van der Waals surface area (Å²) < 4.78 is 5.52. The predicted octanol–water partition coefficient (Wildman–Crippen LogP) is 3.67. The third-order valence-electron chi connectivity index (χ3n) is 5.26. The fourth-order valence-corrected chi connectivity index (χ4v) is 3.76. The molecule has 0 saturated heterocycles. The third-order valence-corrected chi connectivity index (χ3v) is 5.26. The predicted molar refractivity (Wildman–Crippen MR) is 114 cm³/mol. The first-order valence-electron chi connectivity index (χ1n) is 9.78. The molecule has 0 spiro atoms. The molecule has 148 valence electrons. The number of hydrogen-bond acceptors (Lipinski definition) is 5. The third kappa shape index (κ3) is 3.92. The summed E-state index contributed by atoms with van der Waals surface area (Å²) in [6.07, 6.45) is 3.42. The number of carbonyl (C=O) groups is 1. The van der Waals surface area contributed by atoms with E-state index in [0.717, 1.165) is 53.3 Å². The smallest absolute Gasteiger partial charge is 0.224 e. The van der Waals surface area contributed by atoms with Crippen molar-refractivity contribution < 1.29 is 9.53 Å². The molecule has 0 saturated carbocycles. The molecule has 1 amide bonds. The lowest BCUT2D eigenvalue weighted by atomic mass is 10.0. The Morgan fingerprint density at radius 3 is 2.55 bits per heavy atom. The van der Waals surface area contributed by atoms with Crippen LogP contribution in [0.2, 0.25) is 0 Å². The van der Waals surface area contributed by atoms with Crippen molar-refractivity contribution in [2.45, 2.75) is 25.7 Å². The van der Waals surface area contributed by atoms with Crippen molar-refractivity contribution in [3.8, 4) is 17.0 Å². The molecule has 6 heteroatoms. The Kier molecular flexibility index (Phi) is 5.42. The molecule has 29 heavy (non-hydrogen) atoms. The Morgan fingerprint density at radius 2 is 1.79 bits per heavy atom. The van der Waals surface area contributed by atoms with Crippen LogP contribution in [0.4, 0.5) is 11.5 Å². The summed E-state index contributed by atoms with van der Waals surface area (Å²) in [5, 5.41) is 15.1. The molecule has 1 aliphatic carbocycles. The highest BCUT2D eigenvalue weighted by molar-refractivity contribution is 5.78. The van der Waals surface area contributed by atoms with Gasteiger partial charge in [-0.3, -0.25) is 4.79 Å². The molecule has 1 aliphatic rings. The molecule has 1 aromatic heterocycles. The number of anilines is 2. The van der Waals surface area contributed by atoms with Gasteiger partial charge < -0.3 is 15.4 Å². The van der Waals surface area contributed by atoms with Crippen LogP contribution >= 0.6 is 0 Å². The number of nitrogens with one attached hydrogen (secondary N) is 2. The molecule has 0 bridgehead atoms. The first-order valence-corrected chi connectivity index (χ1v) is 9.78. The Bertz CT molecular complexity index is 1030. The van der Waals surface area contributed by atoms with Gasteiger partial charge in [0.25, 0.3) is 0 Å². The van der Waals surface area contributed by atoms with Gasteiger partial charge in [-0.25, -0.2) is 0 Å². The Hall–Kier alpha value is -3.41. The average molecular weight is 388 g/mol. The molecular formula is C23H24N4O2. The van der Waals surface area contributed by atoms with E-state index >= 15 is 0 Å². The van der Waals surface area contributed by atoms with Gasteiger partial charge in [0, 0.05) is 23.9 Å². The fraction of sp³-hybridized carbons (Fsp3) is 0.261. The minimum Gasteiger partial charge on any atom is -0.496 e. The second-order valence-corrected chi connectivity index (χ2v) is 7.08.